The molecule has 0 aromatic carbocycles. The SMILES string of the molecule is CCN(CCOC)c1cc(C)nc2c(Br)c(C)nn12.Cc1cc(=O)n2[nH]c(C)cc2n1.Cc1cc(Cl)n2nc(C)cc2n1.Cc1cc(N)n[nH]1.O=P(Cl)(Cl)Cl. The van der Waals surface area contributed by atoms with Crippen LogP contribution in [0.1, 0.15) is 46.8 Å². The molecule has 16 nitrogen and oxygen atoms in total. The fourth-order valence-electron chi connectivity index (χ4n) is 4.90. The molecule has 0 bridgehead atoms. The third-order valence-electron chi connectivity index (χ3n) is 7.14. The van der Waals surface area contributed by atoms with E-state index in [1.165, 1.54) is 10.6 Å². The van der Waals surface area contributed by atoms with Crippen molar-refractivity contribution in [2.45, 2.75) is 55.4 Å². The third kappa shape index (κ3) is 14.1. The summed E-state index contributed by atoms with van der Waals surface area (Å²) in [5.74, 6) is 1.60. The predicted octanol–water partition coefficient (Wildman–Crippen LogP) is 8.33. The second-order valence-electron chi connectivity index (χ2n) is 12.0. The summed E-state index contributed by atoms with van der Waals surface area (Å²) in [6, 6.07) is 10.9. The van der Waals surface area contributed by atoms with Gasteiger partial charge in [0.2, 0.25) is 0 Å². The number of aromatic amines is 2. The normalized spacial score (nSPS) is 10.9. The van der Waals surface area contributed by atoms with E-state index in [1.54, 1.807) is 23.8 Å². The lowest BCUT2D eigenvalue weighted by Gasteiger charge is -2.23. The van der Waals surface area contributed by atoms with E-state index in [1.807, 2.05) is 65.1 Å². The van der Waals surface area contributed by atoms with Crippen molar-refractivity contribution in [3.63, 3.8) is 0 Å². The van der Waals surface area contributed by atoms with Gasteiger partial charge in [-0.2, -0.15) is 19.8 Å². The lowest BCUT2D eigenvalue weighted by Crippen LogP contribution is -2.29. The van der Waals surface area contributed by atoms with Crippen LogP contribution in [-0.2, 0) is 9.30 Å². The molecule has 0 aliphatic heterocycles. The molecular formula is C33H43BrCl4N13O3P. The zero-order valence-electron chi connectivity index (χ0n) is 31.7. The summed E-state index contributed by atoms with van der Waals surface area (Å²) in [6.07, 6.45) is 0. The number of nitrogen functional groups attached to an aromatic ring is 1. The second-order valence-corrected chi connectivity index (χ2v) is 19.8. The number of anilines is 2. The predicted molar refractivity (Wildman–Crippen MR) is 226 cm³/mol. The highest BCUT2D eigenvalue weighted by molar-refractivity contribution is 9.10. The number of rotatable bonds is 5. The summed E-state index contributed by atoms with van der Waals surface area (Å²) < 4.78 is 20.6. The number of aromatic nitrogens is 11. The number of methoxy groups -OCH3 is 1. The van der Waals surface area contributed by atoms with Crippen LogP contribution in [0.2, 0.25) is 5.15 Å². The van der Waals surface area contributed by atoms with Gasteiger partial charge in [-0.05, 0) is 111 Å². The van der Waals surface area contributed by atoms with Crippen LogP contribution in [0.15, 0.2) is 45.7 Å². The van der Waals surface area contributed by atoms with Crippen LogP contribution in [0.25, 0.3) is 16.9 Å². The van der Waals surface area contributed by atoms with Crippen LogP contribution in [0, 0.1) is 48.5 Å². The Kier molecular flexibility index (Phi) is 17.0. The molecule has 0 fully saturated rings. The molecule has 0 aliphatic carbocycles. The first-order chi connectivity index (χ1) is 25.7. The Labute approximate surface area is 345 Å². The lowest BCUT2D eigenvalue weighted by atomic mass is 10.3. The molecule has 298 valence electrons. The van der Waals surface area contributed by atoms with Crippen molar-refractivity contribution in [2.75, 3.05) is 37.4 Å². The van der Waals surface area contributed by atoms with E-state index in [9.17, 15) is 9.36 Å². The van der Waals surface area contributed by atoms with Crippen LogP contribution < -0.4 is 16.2 Å². The van der Waals surface area contributed by atoms with E-state index in [0.717, 1.165) is 74.5 Å². The van der Waals surface area contributed by atoms with Gasteiger partial charge in [-0.25, -0.2) is 24.0 Å². The standard InChI is InChI=1S/C13H19BrN4O.C8H8ClN3.C8H9N3O.C4H7N3.Cl3OP/c1-5-17(6-7-19-4)11-8-9(2)15-13-12(14)10(3)16-18(11)13;1-5-3-7(9)12-8(10-5)4-6(2)11-12;1-5-4-8(12)11-7(9-5)3-6(2)10-11;1-3-2-4(5)7-6-3;1-5(2,3)4/h8H,5-7H2,1-4H3;3-4H,1-2H3;3-4,10H,1-2H3;2H,1H3,(H3,5,6,7);. The molecule has 0 amide bonds. The van der Waals surface area contributed by atoms with Gasteiger partial charge in [0, 0.05) is 79.0 Å². The van der Waals surface area contributed by atoms with Gasteiger partial charge in [-0.1, -0.05) is 11.6 Å². The highest BCUT2D eigenvalue weighted by Gasteiger charge is 2.16. The summed E-state index contributed by atoms with van der Waals surface area (Å²) in [7, 11) is 1.72. The molecule has 22 heteroatoms. The molecule has 0 radical (unpaired) electrons. The third-order valence-corrected chi connectivity index (χ3v) is 8.34. The minimum absolute atomic E-state index is 0.0643. The number of nitrogens with two attached hydrogens (primary N) is 1. The van der Waals surface area contributed by atoms with E-state index >= 15 is 0 Å². The monoisotopic (exact) mass is 919 g/mol. The Morgan fingerprint density at radius 3 is 2.04 bits per heavy atom. The molecule has 55 heavy (non-hydrogen) atoms. The maximum atomic E-state index is 11.3. The molecule has 7 heterocycles. The van der Waals surface area contributed by atoms with Crippen molar-refractivity contribution < 1.29 is 9.30 Å². The van der Waals surface area contributed by atoms with Gasteiger partial charge in [0.05, 0.1) is 22.5 Å². The summed E-state index contributed by atoms with van der Waals surface area (Å²) >= 11 is 23.3. The minimum Gasteiger partial charge on any atom is -0.383 e. The van der Waals surface area contributed by atoms with E-state index in [2.05, 4.69) is 108 Å². The molecule has 0 saturated carbocycles. The van der Waals surface area contributed by atoms with E-state index < -0.39 is 5.20 Å². The van der Waals surface area contributed by atoms with Gasteiger partial charge in [-0.3, -0.25) is 19.6 Å². The first-order valence-corrected chi connectivity index (χ1v) is 22.1. The van der Waals surface area contributed by atoms with Crippen LogP contribution in [0.5, 0.6) is 0 Å². The average molecular weight is 922 g/mol. The van der Waals surface area contributed by atoms with Gasteiger partial charge in [0.1, 0.15) is 16.8 Å². The molecule has 4 N–H and O–H groups in total. The number of hydrogen-bond acceptors (Lipinski definition) is 11. The molecule has 0 unspecified atom stereocenters. The van der Waals surface area contributed by atoms with Crippen molar-refractivity contribution in [1.29, 1.82) is 0 Å². The maximum absolute atomic E-state index is 11.3. The van der Waals surface area contributed by atoms with Crippen LogP contribution in [0.4, 0.5) is 11.6 Å². The summed E-state index contributed by atoms with van der Waals surface area (Å²) in [5.41, 5.74) is 14.0. The zero-order chi connectivity index (χ0) is 41.2. The number of halogens is 5. The van der Waals surface area contributed by atoms with Crippen LogP contribution in [0.3, 0.4) is 0 Å². The first kappa shape index (κ1) is 45.7. The molecule has 0 spiro atoms. The summed E-state index contributed by atoms with van der Waals surface area (Å²) in [4.78, 5) is 26.6. The van der Waals surface area contributed by atoms with Gasteiger partial charge >= 0.3 is 5.20 Å². The number of aryl methyl sites for hydroxylation is 7. The molecule has 7 rings (SSSR count). The van der Waals surface area contributed by atoms with Crippen molar-refractivity contribution in [1.82, 2.24) is 54.0 Å². The van der Waals surface area contributed by atoms with Gasteiger partial charge < -0.3 is 15.4 Å². The zero-order valence-corrected chi connectivity index (χ0v) is 37.2. The van der Waals surface area contributed by atoms with Crippen LogP contribution >= 0.6 is 66.5 Å². The Hall–Kier alpha value is -3.70. The Morgan fingerprint density at radius 2 is 1.47 bits per heavy atom. The number of nitrogens with zero attached hydrogens (tertiary/aromatic N) is 10. The number of ether oxygens (including phenoxy) is 1. The van der Waals surface area contributed by atoms with Crippen molar-refractivity contribution in [3.8, 4) is 0 Å². The van der Waals surface area contributed by atoms with Gasteiger partial charge in [-0.15, -0.1) is 0 Å². The van der Waals surface area contributed by atoms with Crippen molar-refractivity contribution >= 4 is 95.0 Å². The molecule has 0 saturated heterocycles. The topological polar surface area (TPSA) is 195 Å². The second kappa shape index (κ2) is 20.5. The summed E-state index contributed by atoms with van der Waals surface area (Å²) in [6.45, 7) is 18.0. The largest absolute Gasteiger partial charge is 0.383 e. The van der Waals surface area contributed by atoms with Crippen LogP contribution in [-0.4, -0.2) is 80.8 Å². The van der Waals surface area contributed by atoms with E-state index in [4.69, 9.17) is 22.1 Å². The Balaban J connectivity index is 0.000000198. The summed E-state index contributed by atoms with van der Waals surface area (Å²) in [5, 5.41) is 15.4. The highest BCUT2D eigenvalue weighted by atomic mass is 79.9. The molecule has 0 atom stereocenters. The Morgan fingerprint density at radius 1 is 0.855 bits per heavy atom. The maximum Gasteiger partial charge on any atom is 0.339 e. The number of H-pyrrole nitrogens is 2. The number of nitrogens with one attached hydrogen (secondary N) is 2. The number of fused-ring (bicyclic) bond motifs is 3. The van der Waals surface area contributed by atoms with E-state index in [0.29, 0.717) is 23.2 Å². The fourth-order valence-corrected chi connectivity index (χ4v) is 5.52. The average Bonchev–Trinajstić information content (AvgIpc) is 3.83. The number of hydrogen-bond donors (Lipinski definition) is 3. The number of likely N-dealkylation sites (N-methyl/N-ethyl adjacent to an activating group) is 1. The highest BCUT2D eigenvalue weighted by Crippen LogP contribution is 2.61. The smallest absolute Gasteiger partial charge is 0.339 e. The fraction of sp³-hybridized carbons (Fsp3) is 0.364. The molecule has 0 aliphatic rings. The molecule has 7 aromatic heterocycles. The lowest BCUT2D eigenvalue weighted by molar-refractivity contribution is 0.205. The van der Waals surface area contributed by atoms with E-state index in [-0.39, 0.29) is 5.56 Å². The molecular weight excluding hydrogens is 879 g/mol. The van der Waals surface area contributed by atoms with Crippen molar-refractivity contribution in [3.05, 3.63) is 96.2 Å². The minimum atomic E-state index is -3.22. The Bertz CT molecular complexity index is 2430. The van der Waals surface area contributed by atoms with Gasteiger partial charge in [0.15, 0.2) is 16.9 Å². The quantitative estimate of drug-likeness (QED) is 0.111. The first-order valence-electron chi connectivity index (χ1n) is 16.5. The molecule has 7 aromatic rings. The van der Waals surface area contributed by atoms with Crippen molar-refractivity contribution in [2.24, 2.45) is 0 Å². The van der Waals surface area contributed by atoms with Gasteiger partial charge in [0.25, 0.3) is 5.56 Å².